The Kier molecular flexibility index (Phi) is 5.28. The van der Waals surface area contributed by atoms with E-state index in [0.717, 1.165) is 19.4 Å². The Balaban J connectivity index is 1.82. The van der Waals surface area contributed by atoms with Crippen molar-refractivity contribution in [1.82, 2.24) is 15.3 Å². The van der Waals surface area contributed by atoms with Gasteiger partial charge in [-0.15, -0.1) is 0 Å². The van der Waals surface area contributed by atoms with Gasteiger partial charge in [-0.2, -0.15) is 0 Å². The van der Waals surface area contributed by atoms with E-state index in [2.05, 4.69) is 52.5 Å². The van der Waals surface area contributed by atoms with E-state index in [1.807, 2.05) is 0 Å². The molecule has 1 atom stereocenters. The lowest BCUT2D eigenvalue weighted by molar-refractivity contribution is 0.114. The van der Waals surface area contributed by atoms with Gasteiger partial charge in [-0.1, -0.05) is 0 Å². The van der Waals surface area contributed by atoms with Crippen LogP contribution in [-0.2, 0) is 4.74 Å². The molecule has 0 aliphatic carbocycles. The third-order valence-electron chi connectivity index (χ3n) is 2.45. The molecule has 18 heavy (non-hydrogen) atoms. The lowest BCUT2D eigenvalue weighted by Gasteiger charge is -2.13. The Morgan fingerprint density at radius 2 is 2.39 bits per heavy atom. The van der Waals surface area contributed by atoms with Crippen LogP contribution in [0.3, 0.4) is 0 Å². The maximum atomic E-state index is 5.50. The minimum atomic E-state index is 0.254. The van der Waals surface area contributed by atoms with Crippen LogP contribution in [0.1, 0.15) is 12.8 Å². The van der Waals surface area contributed by atoms with Crippen LogP contribution in [0.15, 0.2) is 15.4 Å². The van der Waals surface area contributed by atoms with E-state index in [-0.39, 0.29) is 6.10 Å². The zero-order valence-corrected chi connectivity index (χ0v) is 13.4. The molecule has 1 aliphatic rings. The third-order valence-corrected chi connectivity index (χ3v) is 3.63. The summed E-state index contributed by atoms with van der Waals surface area (Å²) in [4.78, 5) is 8.33. The highest BCUT2D eigenvalue weighted by Crippen LogP contribution is 2.19. The Bertz CT molecular complexity index is 440. The van der Waals surface area contributed by atoms with Crippen LogP contribution in [0, 0.1) is 0 Å². The summed E-state index contributed by atoms with van der Waals surface area (Å²) < 4.78 is 6.77. The average molecular weight is 396 g/mol. The number of hydrogen-bond acceptors (Lipinski definition) is 4. The standard InChI is InChI=1S/C10H12Br2N4OS/c11-7-5-13-9(8(12)15-7)16-10(18)14-4-6-2-1-3-17-6/h5-6H,1-4H2,(H2,13,14,16,18)/t6-/m1/s1. The van der Waals surface area contributed by atoms with Crippen molar-refractivity contribution in [2.24, 2.45) is 0 Å². The van der Waals surface area contributed by atoms with E-state index in [1.54, 1.807) is 6.20 Å². The Morgan fingerprint density at radius 3 is 3.06 bits per heavy atom. The van der Waals surface area contributed by atoms with Crippen molar-refractivity contribution in [2.75, 3.05) is 18.5 Å². The molecule has 0 saturated carbocycles. The van der Waals surface area contributed by atoms with Crippen molar-refractivity contribution in [1.29, 1.82) is 0 Å². The van der Waals surface area contributed by atoms with Crippen molar-refractivity contribution in [3.05, 3.63) is 15.4 Å². The second-order valence-corrected chi connectivity index (χ2v) is 5.77. The zero-order chi connectivity index (χ0) is 13.0. The molecule has 1 aromatic heterocycles. The number of anilines is 1. The van der Waals surface area contributed by atoms with E-state index in [9.17, 15) is 0 Å². The number of nitrogens with zero attached hydrogens (tertiary/aromatic N) is 2. The fraction of sp³-hybridized carbons (Fsp3) is 0.500. The summed E-state index contributed by atoms with van der Waals surface area (Å²) in [5.41, 5.74) is 0. The zero-order valence-electron chi connectivity index (χ0n) is 9.45. The summed E-state index contributed by atoms with van der Waals surface area (Å²) >= 11 is 11.7. The molecule has 1 fully saturated rings. The predicted molar refractivity (Wildman–Crippen MR) is 80.6 cm³/mol. The van der Waals surface area contributed by atoms with Crippen molar-refractivity contribution in [3.63, 3.8) is 0 Å². The normalized spacial score (nSPS) is 18.7. The summed E-state index contributed by atoms with van der Waals surface area (Å²) in [7, 11) is 0. The van der Waals surface area contributed by atoms with Gasteiger partial charge in [0.2, 0.25) is 0 Å². The first kappa shape index (κ1) is 14.1. The van der Waals surface area contributed by atoms with Gasteiger partial charge in [0.1, 0.15) is 9.21 Å². The van der Waals surface area contributed by atoms with Gasteiger partial charge >= 0.3 is 0 Å². The largest absolute Gasteiger partial charge is 0.376 e. The molecule has 2 heterocycles. The van der Waals surface area contributed by atoms with Gasteiger partial charge in [0.25, 0.3) is 0 Å². The molecule has 0 radical (unpaired) electrons. The molecule has 0 spiro atoms. The van der Waals surface area contributed by atoms with E-state index in [0.29, 0.717) is 26.7 Å². The molecule has 98 valence electrons. The molecule has 0 unspecified atom stereocenters. The maximum Gasteiger partial charge on any atom is 0.172 e. The number of aromatic nitrogens is 2. The first-order chi connectivity index (χ1) is 8.65. The van der Waals surface area contributed by atoms with Crippen molar-refractivity contribution in [2.45, 2.75) is 18.9 Å². The lowest BCUT2D eigenvalue weighted by atomic mass is 10.2. The first-order valence-corrected chi connectivity index (χ1v) is 7.49. The van der Waals surface area contributed by atoms with Gasteiger partial charge < -0.3 is 15.4 Å². The van der Waals surface area contributed by atoms with Crippen LogP contribution in [0.2, 0.25) is 0 Å². The van der Waals surface area contributed by atoms with Crippen molar-refractivity contribution < 1.29 is 4.74 Å². The van der Waals surface area contributed by atoms with Crippen LogP contribution in [0.4, 0.5) is 5.82 Å². The molecule has 0 aromatic carbocycles. The van der Waals surface area contributed by atoms with Crippen LogP contribution in [-0.4, -0.2) is 34.3 Å². The van der Waals surface area contributed by atoms with Crippen LogP contribution < -0.4 is 10.6 Å². The van der Waals surface area contributed by atoms with E-state index in [1.165, 1.54) is 0 Å². The van der Waals surface area contributed by atoms with Crippen molar-refractivity contribution >= 4 is 55.0 Å². The second-order valence-electron chi connectivity index (χ2n) is 3.80. The van der Waals surface area contributed by atoms with Crippen LogP contribution in [0.25, 0.3) is 0 Å². The number of ether oxygens (including phenoxy) is 1. The van der Waals surface area contributed by atoms with E-state index < -0.39 is 0 Å². The number of halogens is 2. The first-order valence-electron chi connectivity index (χ1n) is 5.49. The quantitative estimate of drug-likeness (QED) is 0.766. The highest BCUT2D eigenvalue weighted by Gasteiger charge is 2.15. The predicted octanol–water partition coefficient (Wildman–Crippen LogP) is 2.47. The smallest absolute Gasteiger partial charge is 0.172 e. The highest BCUT2D eigenvalue weighted by atomic mass is 79.9. The minimum absolute atomic E-state index is 0.254. The topological polar surface area (TPSA) is 59.1 Å². The Morgan fingerprint density at radius 1 is 1.56 bits per heavy atom. The van der Waals surface area contributed by atoms with Gasteiger partial charge in [-0.3, -0.25) is 0 Å². The Labute approximate surface area is 127 Å². The molecular weight excluding hydrogens is 384 g/mol. The van der Waals surface area contributed by atoms with Crippen molar-refractivity contribution in [3.8, 4) is 0 Å². The second kappa shape index (κ2) is 6.74. The summed E-state index contributed by atoms with van der Waals surface area (Å²) in [5.74, 6) is 0.586. The van der Waals surface area contributed by atoms with Gasteiger partial charge in [0.15, 0.2) is 10.9 Å². The number of rotatable bonds is 3. The summed E-state index contributed by atoms with van der Waals surface area (Å²) in [5, 5.41) is 6.61. The van der Waals surface area contributed by atoms with Crippen LogP contribution >= 0.6 is 44.1 Å². The average Bonchev–Trinajstić information content (AvgIpc) is 2.83. The molecule has 2 rings (SSSR count). The number of thiocarbonyl (C=S) groups is 1. The van der Waals surface area contributed by atoms with Gasteiger partial charge in [-0.25, -0.2) is 9.97 Å². The van der Waals surface area contributed by atoms with E-state index in [4.69, 9.17) is 17.0 Å². The minimum Gasteiger partial charge on any atom is -0.376 e. The highest BCUT2D eigenvalue weighted by molar-refractivity contribution is 9.11. The third kappa shape index (κ3) is 4.11. The molecule has 8 heteroatoms. The maximum absolute atomic E-state index is 5.50. The van der Waals surface area contributed by atoms with E-state index >= 15 is 0 Å². The molecule has 1 aliphatic heterocycles. The Hall–Kier alpha value is -0.310. The van der Waals surface area contributed by atoms with Gasteiger partial charge in [0.05, 0.1) is 12.3 Å². The summed E-state index contributed by atoms with van der Waals surface area (Å²) in [6.07, 6.45) is 4.06. The molecular formula is C10H12Br2N4OS. The fourth-order valence-corrected chi connectivity index (χ4v) is 2.68. The molecule has 1 aromatic rings. The molecule has 2 N–H and O–H groups in total. The van der Waals surface area contributed by atoms with Gasteiger partial charge in [-0.05, 0) is 56.9 Å². The molecule has 0 bridgehead atoms. The SMILES string of the molecule is S=C(NC[C@H]1CCCO1)Nc1ncc(Br)nc1Br. The number of hydrogen-bond donors (Lipinski definition) is 2. The molecule has 0 amide bonds. The molecule has 5 nitrogen and oxygen atoms in total. The van der Waals surface area contributed by atoms with Crippen LogP contribution in [0.5, 0.6) is 0 Å². The fourth-order valence-electron chi connectivity index (χ4n) is 1.59. The lowest BCUT2D eigenvalue weighted by Crippen LogP contribution is -2.35. The number of nitrogens with one attached hydrogen (secondary N) is 2. The molecule has 1 saturated heterocycles. The van der Waals surface area contributed by atoms with Gasteiger partial charge in [0, 0.05) is 13.2 Å². The monoisotopic (exact) mass is 394 g/mol. The summed E-state index contributed by atoms with van der Waals surface area (Å²) in [6, 6.07) is 0. The summed E-state index contributed by atoms with van der Waals surface area (Å²) in [6.45, 7) is 1.56.